The molecular formula is C15H11N3O2. The summed E-state index contributed by atoms with van der Waals surface area (Å²) in [6.45, 7) is 0. The molecule has 3 aromatic rings. The van der Waals surface area contributed by atoms with E-state index in [-0.39, 0.29) is 11.5 Å². The Morgan fingerprint density at radius 3 is 2.30 bits per heavy atom. The van der Waals surface area contributed by atoms with Crippen molar-refractivity contribution in [2.75, 3.05) is 0 Å². The zero-order valence-electron chi connectivity index (χ0n) is 10.4. The summed E-state index contributed by atoms with van der Waals surface area (Å²) in [6.07, 6.45) is 1.61. The molecule has 0 aliphatic carbocycles. The number of hydrogen-bond donors (Lipinski definition) is 2. The summed E-state index contributed by atoms with van der Waals surface area (Å²) in [5.74, 6) is 0.333. The van der Waals surface area contributed by atoms with E-state index in [9.17, 15) is 10.2 Å². The maximum absolute atomic E-state index is 9.93. The number of pyridine rings is 1. The van der Waals surface area contributed by atoms with Gasteiger partial charge < -0.3 is 10.2 Å². The van der Waals surface area contributed by atoms with E-state index < -0.39 is 0 Å². The molecule has 0 amide bonds. The van der Waals surface area contributed by atoms with Crippen molar-refractivity contribution in [2.45, 2.75) is 0 Å². The monoisotopic (exact) mass is 265 g/mol. The summed E-state index contributed by atoms with van der Waals surface area (Å²) < 4.78 is 0. The zero-order valence-corrected chi connectivity index (χ0v) is 10.4. The van der Waals surface area contributed by atoms with E-state index >= 15 is 0 Å². The van der Waals surface area contributed by atoms with Gasteiger partial charge in [0, 0.05) is 23.0 Å². The highest BCUT2D eigenvalue weighted by atomic mass is 16.3. The molecule has 0 saturated heterocycles. The molecule has 0 aliphatic rings. The third kappa shape index (κ3) is 2.16. The second kappa shape index (κ2) is 4.97. The van der Waals surface area contributed by atoms with Gasteiger partial charge in [-0.25, -0.2) is 4.98 Å². The molecular weight excluding hydrogens is 254 g/mol. The Hall–Kier alpha value is -2.95. The van der Waals surface area contributed by atoms with Crippen molar-refractivity contribution in [3.05, 3.63) is 54.7 Å². The van der Waals surface area contributed by atoms with Crippen molar-refractivity contribution >= 4 is 22.3 Å². The zero-order chi connectivity index (χ0) is 13.9. The molecule has 2 aromatic carbocycles. The van der Waals surface area contributed by atoms with Crippen LogP contribution in [0.1, 0.15) is 0 Å². The van der Waals surface area contributed by atoms with Crippen molar-refractivity contribution in [3.63, 3.8) is 0 Å². The predicted octanol–water partition coefficient (Wildman–Crippen LogP) is 4.06. The van der Waals surface area contributed by atoms with Gasteiger partial charge in [0.05, 0.1) is 0 Å². The smallest absolute Gasteiger partial charge is 0.174 e. The summed E-state index contributed by atoms with van der Waals surface area (Å²) in [7, 11) is 0. The number of nitrogens with zero attached hydrogens (tertiary/aromatic N) is 3. The Morgan fingerprint density at radius 2 is 1.55 bits per heavy atom. The van der Waals surface area contributed by atoms with Gasteiger partial charge in [-0.3, -0.25) is 0 Å². The van der Waals surface area contributed by atoms with Crippen LogP contribution in [0.3, 0.4) is 0 Å². The largest absolute Gasteiger partial charge is 0.507 e. The topological polar surface area (TPSA) is 78.1 Å². The minimum atomic E-state index is -0.124. The summed E-state index contributed by atoms with van der Waals surface area (Å²) in [4.78, 5) is 4.03. The molecule has 5 nitrogen and oxygen atoms in total. The van der Waals surface area contributed by atoms with E-state index in [4.69, 9.17) is 0 Å². The molecule has 20 heavy (non-hydrogen) atoms. The fraction of sp³-hybridized carbons (Fsp3) is 0. The number of phenolic OH excluding ortho intramolecular Hbond substituents is 2. The van der Waals surface area contributed by atoms with Crippen LogP contribution in [0, 0.1) is 0 Å². The fourth-order valence-corrected chi connectivity index (χ4v) is 1.95. The van der Waals surface area contributed by atoms with E-state index in [1.807, 2.05) is 0 Å². The molecule has 0 saturated carbocycles. The molecule has 2 N–H and O–H groups in total. The normalized spacial score (nSPS) is 11.2. The number of hydrogen-bond acceptors (Lipinski definition) is 5. The highest BCUT2D eigenvalue weighted by Crippen LogP contribution is 2.40. The molecule has 0 atom stereocenters. The maximum Gasteiger partial charge on any atom is 0.174 e. The molecule has 0 spiro atoms. The quantitative estimate of drug-likeness (QED) is 0.686. The standard InChI is InChI=1S/C15H11N3O2/c19-12-9-13(20)15(11-6-2-1-5-10(11)12)18-17-14-7-3-4-8-16-14/h1-9,19-20H/b18-17+. The van der Waals surface area contributed by atoms with Crippen LogP contribution in [0.15, 0.2) is 65.0 Å². The van der Waals surface area contributed by atoms with Crippen LogP contribution in [0.25, 0.3) is 10.8 Å². The number of benzene rings is 2. The van der Waals surface area contributed by atoms with Crippen LogP contribution < -0.4 is 0 Å². The summed E-state index contributed by atoms with van der Waals surface area (Å²) in [6, 6.07) is 13.7. The first kappa shape index (κ1) is 12.1. The Balaban J connectivity index is 2.14. The first-order valence-electron chi connectivity index (χ1n) is 6.02. The minimum absolute atomic E-state index is 0.00915. The minimum Gasteiger partial charge on any atom is -0.507 e. The first-order chi connectivity index (χ1) is 9.75. The van der Waals surface area contributed by atoms with E-state index in [1.54, 1.807) is 48.7 Å². The average molecular weight is 265 g/mol. The van der Waals surface area contributed by atoms with Gasteiger partial charge >= 0.3 is 0 Å². The lowest BCUT2D eigenvalue weighted by Gasteiger charge is -2.05. The van der Waals surface area contributed by atoms with Crippen LogP contribution in [0.5, 0.6) is 11.5 Å². The van der Waals surface area contributed by atoms with E-state index in [2.05, 4.69) is 15.2 Å². The molecule has 5 heteroatoms. The molecule has 0 unspecified atom stereocenters. The third-order valence-electron chi connectivity index (χ3n) is 2.88. The van der Waals surface area contributed by atoms with Crippen molar-refractivity contribution in [1.82, 2.24) is 4.98 Å². The lowest BCUT2D eigenvalue weighted by molar-refractivity contribution is 0.456. The van der Waals surface area contributed by atoms with Crippen molar-refractivity contribution in [3.8, 4) is 11.5 Å². The molecule has 0 bridgehead atoms. The SMILES string of the molecule is Oc1cc(O)c2ccccc2c1/N=N/c1ccccn1. The lowest BCUT2D eigenvalue weighted by atomic mass is 10.1. The van der Waals surface area contributed by atoms with Gasteiger partial charge in [-0.1, -0.05) is 30.3 Å². The molecule has 0 aliphatic heterocycles. The van der Waals surface area contributed by atoms with Gasteiger partial charge in [-0.05, 0) is 12.1 Å². The Kier molecular flexibility index (Phi) is 3.01. The molecule has 0 radical (unpaired) electrons. The number of phenols is 2. The summed E-state index contributed by atoms with van der Waals surface area (Å²) in [5.41, 5.74) is 0.309. The number of azo groups is 1. The highest BCUT2D eigenvalue weighted by Gasteiger charge is 2.10. The molecule has 1 aromatic heterocycles. The third-order valence-corrected chi connectivity index (χ3v) is 2.88. The Bertz CT molecular complexity index is 786. The van der Waals surface area contributed by atoms with Gasteiger partial charge in [0.1, 0.15) is 17.2 Å². The molecule has 3 rings (SSSR count). The maximum atomic E-state index is 9.93. The van der Waals surface area contributed by atoms with Gasteiger partial charge in [0.2, 0.25) is 0 Å². The van der Waals surface area contributed by atoms with Crippen LogP contribution in [-0.4, -0.2) is 15.2 Å². The number of fused-ring (bicyclic) bond motifs is 1. The lowest BCUT2D eigenvalue weighted by Crippen LogP contribution is -1.77. The van der Waals surface area contributed by atoms with Crippen molar-refractivity contribution < 1.29 is 10.2 Å². The van der Waals surface area contributed by atoms with Crippen LogP contribution in [0.4, 0.5) is 11.5 Å². The molecule has 1 heterocycles. The highest BCUT2D eigenvalue weighted by molar-refractivity contribution is 5.99. The van der Waals surface area contributed by atoms with E-state index in [0.717, 1.165) is 0 Å². The van der Waals surface area contributed by atoms with Gasteiger partial charge in [-0.2, -0.15) is 0 Å². The van der Waals surface area contributed by atoms with Crippen LogP contribution in [0.2, 0.25) is 0 Å². The summed E-state index contributed by atoms with van der Waals surface area (Å²) in [5, 5.41) is 29.0. The van der Waals surface area contributed by atoms with Crippen molar-refractivity contribution in [1.29, 1.82) is 0 Å². The Labute approximate surface area is 114 Å². The first-order valence-corrected chi connectivity index (χ1v) is 6.02. The van der Waals surface area contributed by atoms with Gasteiger partial charge in [-0.15, -0.1) is 10.2 Å². The second-order valence-corrected chi connectivity index (χ2v) is 4.20. The van der Waals surface area contributed by atoms with E-state index in [0.29, 0.717) is 22.3 Å². The number of aromatic nitrogens is 1. The number of aromatic hydroxyl groups is 2. The number of rotatable bonds is 2. The molecule has 98 valence electrons. The second-order valence-electron chi connectivity index (χ2n) is 4.20. The van der Waals surface area contributed by atoms with E-state index in [1.165, 1.54) is 6.07 Å². The summed E-state index contributed by atoms with van der Waals surface area (Å²) >= 11 is 0. The van der Waals surface area contributed by atoms with Crippen LogP contribution in [-0.2, 0) is 0 Å². The van der Waals surface area contributed by atoms with Crippen molar-refractivity contribution in [2.24, 2.45) is 10.2 Å². The molecule has 0 fully saturated rings. The predicted molar refractivity (Wildman–Crippen MR) is 75.7 cm³/mol. The fourth-order valence-electron chi connectivity index (χ4n) is 1.95. The average Bonchev–Trinajstić information content (AvgIpc) is 2.48. The Morgan fingerprint density at radius 1 is 0.800 bits per heavy atom. The van der Waals surface area contributed by atoms with Crippen LogP contribution >= 0.6 is 0 Å². The van der Waals surface area contributed by atoms with Gasteiger partial charge in [0.15, 0.2) is 5.82 Å². The van der Waals surface area contributed by atoms with Gasteiger partial charge in [0.25, 0.3) is 0 Å².